The highest BCUT2D eigenvalue weighted by atomic mass is 35.5. The fourth-order valence-corrected chi connectivity index (χ4v) is 2.99. The number of nitrogens with zero attached hydrogens (tertiary/aromatic N) is 1. The van der Waals surface area contributed by atoms with Crippen molar-refractivity contribution in [3.63, 3.8) is 0 Å². The van der Waals surface area contributed by atoms with Gasteiger partial charge >= 0.3 is 5.97 Å². The summed E-state index contributed by atoms with van der Waals surface area (Å²) in [5, 5.41) is 9.46. The number of carbonyl (C=O) groups is 1. The van der Waals surface area contributed by atoms with E-state index in [1.165, 1.54) is 19.3 Å². The Kier molecular flexibility index (Phi) is 4.83. The summed E-state index contributed by atoms with van der Waals surface area (Å²) in [5.74, 6) is -0.125. The van der Waals surface area contributed by atoms with Gasteiger partial charge in [-0.15, -0.1) is 0 Å². The second kappa shape index (κ2) is 6.40. The molecule has 104 valence electrons. The maximum atomic E-state index is 10.9. The summed E-state index contributed by atoms with van der Waals surface area (Å²) >= 11 is 6.16. The molecule has 2 rings (SSSR count). The van der Waals surface area contributed by atoms with Gasteiger partial charge in [0.1, 0.15) is 0 Å². The summed E-state index contributed by atoms with van der Waals surface area (Å²) in [5.41, 5.74) is 1.27. The summed E-state index contributed by atoms with van der Waals surface area (Å²) < 4.78 is 0. The third-order valence-corrected chi connectivity index (χ3v) is 4.11. The zero-order valence-electron chi connectivity index (χ0n) is 11.2. The van der Waals surface area contributed by atoms with Crippen LogP contribution >= 0.6 is 11.6 Å². The first-order valence-electron chi connectivity index (χ1n) is 6.84. The summed E-state index contributed by atoms with van der Waals surface area (Å²) in [6.07, 6.45) is 3.80. The van der Waals surface area contributed by atoms with E-state index in [1.54, 1.807) is 12.1 Å². The fraction of sp³-hybridized carbons (Fsp3) is 0.533. The molecule has 4 heteroatoms. The zero-order valence-corrected chi connectivity index (χ0v) is 12.0. The molecule has 0 bridgehead atoms. The Labute approximate surface area is 119 Å². The van der Waals surface area contributed by atoms with Crippen LogP contribution in [-0.4, -0.2) is 29.1 Å². The fourth-order valence-electron chi connectivity index (χ4n) is 2.75. The van der Waals surface area contributed by atoms with Crippen molar-refractivity contribution in [1.29, 1.82) is 0 Å². The summed E-state index contributed by atoms with van der Waals surface area (Å²) in [4.78, 5) is 13.3. The molecule has 0 amide bonds. The topological polar surface area (TPSA) is 40.5 Å². The van der Waals surface area contributed by atoms with Crippen LogP contribution in [0.15, 0.2) is 18.2 Å². The molecule has 1 heterocycles. The van der Waals surface area contributed by atoms with Crippen LogP contribution in [0.2, 0.25) is 5.02 Å². The van der Waals surface area contributed by atoms with E-state index >= 15 is 0 Å². The van der Waals surface area contributed by atoms with E-state index < -0.39 is 5.97 Å². The SMILES string of the molecule is CCCC1CCN(Cc2ccc(C(=O)O)cc2Cl)C1. The quantitative estimate of drug-likeness (QED) is 0.895. The highest BCUT2D eigenvalue weighted by Gasteiger charge is 2.22. The normalized spacial score (nSPS) is 19.8. The van der Waals surface area contributed by atoms with E-state index in [4.69, 9.17) is 16.7 Å². The first-order valence-corrected chi connectivity index (χ1v) is 7.22. The molecule has 1 aromatic carbocycles. The molecule has 1 atom stereocenters. The first-order chi connectivity index (χ1) is 9.10. The van der Waals surface area contributed by atoms with Crippen molar-refractivity contribution in [3.8, 4) is 0 Å². The molecule has 3 nitrogen and oxygen atoms in total. The minimum absolute atomic E-state index is 0.249. The predicted molar refractivity (Wildman–Crippen MR) is 76.7 cm³/mol. The standard InChI is InChI=1S/C15H20ClNO2/c1-2-3-11-6-7-17(9-11)10-13-5-4-12(15(18)19)8-14(13)16/h4-5,8,11H,2-3,6-7,9-10H2,1H3,(H,18,19). The Morgan fingerprint density at radius 1 is 1.53 bits per heavy atom. The van der Waals surface area contributed by atoms with Crippen molar-refractivity contribution >= 4 is 17.6 Å². The van der Waals surface area contributed by atoms with Crippen LogP contribution in [0.5, 0.6) is 0 Å². The van der Waals surface area contributed by atoms with Crippen molar-refractivity contribution in [3.05, 3.63) is 34.3 Å². The van der Waals surface area contributed by atoms with Crippen molar-refractivity contribution in [2.45, 2.75) is 32.7 Å². The average Bonchev–Trinajstić information content (AvgIpc) is 2.79. The van der Waals surface area contributed by atoms with Crippen LogP contribution in [0.4, 0.5) is 0 Å². The van der Waals surface area contributed by atoms with Crippen molar-refractivity contribution < 1.29 is 9.90 Å². The van der Waals surface area contributed by atoms with Crippen LogP contribution in [0.3, 0.4) is 0 Å². The van der Waals surface area contributed by atoms with Crippen molar-refractivity contribution in [1.82, 2.24) is 4.90 Å². The molecule has 0 aliphatic carbocycles. The molecule has 1 N–H and O–H groups in total. The smallest absolute Gasteiger partial charge is 0.335 e. The van der Waals surface area contributed by atoms with Gasteiger partial charge < -0.3 is 5.11 Å². The monoisotopic (exact) mass is 281 g/mol. The number of benzene rings is 1. The molecule has 1 fully saturated rings. The van der Waals surface area contributed by atoms with E-state index in [0.717, 1.165) is 31.1 Å². The molecule has 1 aliphatic rings. The predicted octanol–water partition coefficient (Wildman–Crippen LogP) is 3.66. The van der Waals surface area contributed by atoms with E-state index in [2.05, 4.69) is 11.8 Å². The number of likely N-dealkylation sites (tertiary alicyclic amines) is 1. The lowest BCUT2D eigenvalue weighted by Gasteiger charge is -2.17. The molecule has 0 radical (unpaired) electrons. The van der Waals surface area contributed by atoms with Gasteiger partial charge in [0.25, 0.3) is 0 Å². The van der Waals surface area contributed by atoms with Crippen LogP contribution in [-0.2, 0) is 6.54 Å². The maximum absolute atomic E-state index is 10.9. The van der Waals surface area contributed by atoms with E-state index in [0.29, 0.717) is 5.02 Å². The zero-order chi connectivity index (χ0) is 13.8. The number of carboxylic acids is 1. The average molecular weight is 282 g/mol. The maximum Gasteiger partial charge on any atom is 0.335 e. The lowest BCUT2D eigenvalue weighted by atomic mass is 10.0. The largest absolute Gasteiger partial charge is 0.478 e. The molecule has 0 aromatic heterocycles. The number of hydrogen-bond donors (Lipinski definition) is 1. The van der Waals surface area contributed by atoms with Gasteiger partial charge in [0.2, 0.25) is 0 Å². The Balaban J connectivity index is 1.98. The Bertz CT molecular complexity index is 461. The van der Waals surface area contributed by atoms with Gasteiger partial charge in [0.15, 0.2) is 0 Å². The lowest BCUT2D eigenvalue weighted by Crippen LogP contribution is -2.20. The van der Waals surface area contributed by atoms with Crippen molar-refractivity contribution in [2.24, 2.45) is 5.92 Å². The molecule has 19 heavy (non-hydrogen) atoms. The molecule has 1 aliphatic heterocycles. The highest BCUT2D eigenvalue weighted by Crippen LogP contribution is 2.25. The Hall–Kier alpha value is -1.06. The molecule has 1 saturated heterocycles. The van der Waals surface area contributed by atoms with Gasteiger partial charge in [-0.25, -0.2) is 4.79 Å². The minimum atomic E-state index is -0.933. The van der Waals surface area contributed by atoms with Crippen LogP contribution in [0.1, 0.15) is 42.1 Å². The number of hydrogen-bond acceptors (Lipinski definition) is 2. The number of aromatic carboxylic acids is 1. The second-order valence-corrected chi connectivity index (χ2v) is 5.70. The van der Waals surface area contributed by atoms with Gasteiger partial charge in [0, 0.05) is 18.1 Å². The highest BCUT2D eigenvalue weighted by molar-refractivity contribution is 6.31. The van der Waals surface area contributed by atoms with Crippen LogP contribution in [0.25, 0.3) is 0 Å². The summed E-state index contributed by atoms with van der Waals surface area (Å²) in [6, 6.07) is 5.00. The molecular weight excluding hydrogens is 262 g/mol. The lowest BCUT2D eigenvalue weighted by molar-refractivity contribution is 0.0697. The van der Waals surface area contributed by atoms with Gasteiger partial charge in [-0.05, 0) is 43.0 Å². The molecule has 1 unspecified atom stereocenters. The number of rotatable bonds is 5. The molecule has 0 spiro atoms. The van der Waals surface area contributed by atoms with Crippen LogP contribution < -0.4 is 0 Å². The van der Waals surface area contributed by atoms with Gasteiger partial charge in [-0.1, -0.05) is 31.0 Å². The third kappa shape index (κ3) is 3.71. The first kappa shape index (κ1) is 14.4. The molecular formula is C15H20ClNO2. The summed E-state index contributed by atoms with van der Waals surface area (Å²) in [6.45, 7) is 5.29. The molecule has 0 saturated carbocycles. The van der Waals surface area contributed by atoms with Gasteiger partial charge in [0.05, 0.1) is 5.56 Å². The third-order valence-electron chi connectivity index (χ3n) is 3.76. The number of halogens is 1. The van der Waals surface area contributed by atoms with E-state index in [9.17, 15) is 4.79 Å². The van der Waals surface area contributed by atoms with E-state index in [-0.39, 0.29) is 5.56 Å². The number of carboxylic acid groups (broad SMARTS) is 1. The Morgan fingerprint density at radius 3 is 2.95 bits per heavy atom. The van der Waals surface area contributed by atoms with Crippen LogP contribution in [0, 0.1) is 5.92 Å². The summed E-state index contributed by atoms with van der Waals surface area (Å²) in [7, 11) is 0. The van der Waals surface area contributed by atoms with Gasteiger partial charge in [-0.3, -0.25) is 4.90 Å². The second-order valence-electron chi connectivity index (χ2n) is 5.29. The minimum Gasteiger partial charge on any atom is -0.478 e. The van der Waals surface area contributed by atoms with E-state index in [1.807, 2.05) is 6.07 Å². The Morgan fingerprint density at radius 2 is 2.32 bits per heavy atom. The van der Waals surface area contributed by atoms with Gasteiger partial charge in [-0.2, -0.15) is 0 Å². The van der Waals surface area contributed by atoms with Crippen molar-refractivity contribution in [2.75, 3.05) is 13.1 Å². The molecule has 1 aromatic rings.